The molecule has 10 aromatic rings. The molecule has 2 aromatic heterocycles. The maximum Gasteiger partial charge on any atom is 0.136 e. The monoisotopic (exact) mass is 735 g/mol. The Morgan fingerprint density at radius 2 is 1.27 bits per heavy atom. The smallest absolute Gasteiger partial charge is 0.136 e. The number of rotatable bonds is 5. The van der Waals surface area contributed by atoms with E-state index in [0.29, 0.717) is 0 Å². The van der Waals surface area contributed by atoms with Crippen LogP contribution in [-0.4, -0.2) is 6.10 Å². The summed E-state index contributed by atoms with van der Waals surface area (Å²) in [6.45, 7) is 0. The summed E-state index contributed by atoms with van der Waals surface area (Å²) < 4.78 is 15.2. The van der Waals surface area contributed by atoms with Crippen LogP contribution >= 0.6 is 11.3 Å². The van der Waals surface area contributed by atoms with E-state index < -0.39 is 0 Å². The van der Waals surface area contributed by atoms with Gasteiger partial charge in [-0.05, 0) is 94.2 Å². The average molecular weight is 736 g/mol. The summed E-state index contributed by atoms with van der Waals surface area (Å²) in [6, 6.07) is 61.3. The number of hydrogen-bond donors (Lipinski definition) is 0. The quantitative estimate of drug-likeness (QED) is 0.176. The topological polar surface area (TPSA) is 25.6 Å². The SMILES string of the molecule is C1=CC2Oc3ccccc3C2C=C1c1ccc(N(c2ccccc2-c2ccc3oc4cc5ccccc5cc4c3c2)c2cccc3c2sc2ccccc23)cc1. The van der Waals surface area contributed by atoms with Gasteiger partial charge < -0.3 is 14.1 Å². The van der Waals surface area contributed by atoms with Crippen LogP contribution in [0, 0.1) is 0 Å². The number of ether oxygens (including phenoxy) is 1. The normalized spacial score (nSPS) is 16.0. The van der Waals surface area contributed by atoms with Crippen molar-refractivity contribution in [3.05, 3.63) is 199 Å². The van der Waals surface area contributed by atoms with E-state index in [-0.39, 0.29) is 12.0 Å². The Bertz CT molecular complexity index is 3260. The molecule has 3 nitrogen and oxygen atoms in total. The molecule has 0 saturated carbocycles. The molecule has 264 valence electrons. The largest absolute Gasteiger partial charge is 0.485 e. The molecule has 0 radical (unpaired) electrons. The zero-order valence-corrected chi connectivity index (χ0v) is 31.0. The van der Waals surface area contributed by atoms with E-state index in [2.05, 4.69) is 187 Å². The van der Waals surface area contributed by atoms with Crippen LogP contribution in [0.2, 0.25) is 0 Å². The minimum atomic E-state index is 0.0443. The number of para-hydroxylation sites is 2. The van der Waals surface area contributed by atoms with Crippen LogP contribution in [0.5, 0.6) is 5.75 Å². The number of anilines is 3. The summed E-state index contributed by atoms with van der Waals surface area (Å²) in [5, 5.41) is 7.19. The number of fused-ring (bicyclic) bond motifs is 10. The van der Waals surface area contributed by atoms with Gasteiger partial charge in [0.25, 0.3) is 0 Å². The molecule has 0 saturated heterocycles. The Hall–Kier alpha value is -6.88. The summed E-state index contributed by atoms with van der Waals surface area (Å²) in [5.41, 5.74) is 11.1. The van der Waals surface area contributed by atoms with Crippen LogP contribution < -0.4 is 9.64 Å². The third kappa shape index (κ3) is 4.89. The van der Waals surface area contributed by atoms with Crippen molar-refractivity contribution < 1.29 is 9.15 Å². The first-order valence-corrected chi connectivity index (χ1v) is 20.0. The fourth-order valence-electron chi connectivity index (χ4n) is 8.91. The molecule has 3 heterocycles. The van der Waals surface area contributed by atoms with Crippen molar-refractivity contribution in [1.29, 1.82) is 0 Å². The van der Waals surface area contributed by atoms with Crippen molar-refractivity contribution >= 4 is 86.9 Å². The van der Waals surface area contributed by atoms with Gasteiger partial charge in [-0.1, -0.05) is 121 Å². The number of hydrogen-bond acceptors (Lipinski definition) is 4. The highest BCUT2D eigenvalue weighted by Crippen LogP contribution is 2.48. The summed E-state index contributed by atoms with van der Waals surface area (Å²) in [7, 11) is 0. The first-order chi connectivity index (χ1) is 27.7. The molecule has 4 heteroatoms. The van der Waals surface area contributed by atoms with Gasteiger partial charge in [0.05, 0.1) is 16.1 Å². The molecule has 2 atom stereocenters. The van der Waals surface area contributed by atoms with Gasteiger partial charge in [-0.2, -0.15) is 0 Å². The Morgan fingerprint density at radius 3 is 2.20 bits per heavy atom. The van der Waals surface area contributed by atoms with Gasteiger partial charge >= 0.3 is 0 Å². The lowest BCUT2D eigenvalue weighted by atomic mass is 9.87. The minimum Gasteiger partial charge on any atom is -0.485 e. The molecule has 1 aliphatic carbocycles. The summed E-state index contributed by atoms with van der Waals surface area (Å²) in [4.78, 5) is 2.45. The van der Waals surface area contributed by atoms with Crippen LogP contribution in [-0.2, 0) is 0 Å². The molecule has 56 heavy (non-hydrogen) atoms. The molecule has 0 N–H and O–H groups in total. The van der Waals surface area contributed by atoms with Gasteiger partial charge in [0, 0.05) is 49.0 Å². The number of thiophene rings is 1. The third-order valence-electron chi connectivity index (χ3n) is 11.6. The standard InChI is InChI=1S/C52H33NO2S/c1-2-11-34-31-50-44(28-33(34)10-1)43-30-36(23-27-49(43)55-50)38-12-3-6-16-45(38)53(46-17-9-15-41-40-14-5-8-19-51(40)56-52(41)46)37-24-20-32(21-25-37)35-22-26-48-42(29-35)39-13-4-7-18-47(39)54-48/h1-31,42,48H. The zero-order valence-electron chi connectivity index (χ0n) is 30.2. The van der Waals surface area contributed by atoms with Gasteiger partial charge in [0.1, 0.15) is 23.0 Å². The van der Waals surface area contributed by atoms with Crippen LogP contribution in [0.15, 0.2) is 193 Å². The van der Waals surface area contributed by atoms with E-state index in [1.165, 1.54) is 47.6 Å². The Balaban J connectivity index is 1.02. The Kier molecular flexibility index (Phi) is 6.92. The van der Waals surface area contributed by atoms with Gasteiger partial charge in [-0.3, -0.25) is 0 Å². The fourth-order valence-corrected chi connectivity index (χ4v) is 10.1. The first kappa shape index (κ1) is 31.5. The summed E-state index contributed by atoms with van der Waals surface area (Å²) >= 11 is 1.86. The molecular weight excluding hydrogens is 703 g/mol. The van der Waals surface area contributed by atoms with Crippen molar-refractivity contribution in [3.8, 4) is 16.9 Å². The number of benzene rings is 8. The molecule has 0 bridgehead atoms. The predicted octanol–water partition coefficient (Wildman–Crippen LogP) is 14.7. The highest BCUT2D eigenvalue weighted by Gasteiger charge is 2.33. The molecule has 1 aliphatic heterocycles. The van der Waals surface area contributed by atoms with Crippen molar-refractivity contribution in [2.75, 3.05) is 4.90 Å². The Labute approximate surface area is 327 Å². The number of nitrogens with zero attached hydrogens (tertiary/aromatic N) is 1. The molecule has 0 amide bonds. The predicted molar refractivity (Wildman–Crippen MR) is 235 cm³/mol. The number of allylic oxidation sites excluding steroid dienone is 2. The van der Waals surface area contributed by atoms with E-state index in [9.17, 15) is 0 Å². The summed E-state index contributed by atoms with van der Waals surface area (Å²) in [5.74, 6) is 1.20. The van der Waals surface area contributed by atoms with Gasteiger partial charge in [-0.15, -0.1) is 11.3 Å². The van der Waals surface area contributed by atoms with Crippen molar-refractivity contribution in [1.82, 2.24) is 0 Å². The highest BCUT2D eigenvalue weighted by molar-refractivity contribution is 7.26. The second kappa shape index (κ2) is 12.3. The van der Waals surface area contributed by atoms with E-state index >= 15 is 0 Å². The zero-order chi connectivity index (χ0) is 36.7. The molecule has 12 rings (SSSR count). The van der Waals surface area contributed by atoms with Crippen LogP contribution in [0.4, 0.5) is 17.1 Å². The van der Waals surface area contributed by atoms with Crippen LogP contribution in [0.1, 0.15) is 17.0 Å². The minimum absolute atomic E-state index is 0.0443. The second-order valence-corrected chi connectivity index (χ2v) is 15.8. The van der Waals surface area contributed by atoms with Gasteiger partial charge in [0.15, 0.2) is 0 Å². The molecular formula is C52H33NO2S. The lowest BCUT2D eigenvalue weighted by molar-refractivity contribution is 0.269. The van der Waals surface area contributed by atoms with Crippen LogP contribution in [0.3, 0.4) is 0 Å². The van der Waals surface area contributed by atoms with Crippen molar-refractivity contribution in [2.45, 2.75) is 12.0 Å². The van der Waals surface area contributed by atoms with Crippen LogP contribution in [0.25, 0.3) is 69.6 Å². The Morgan fingerprint density at radius 1 is 0.536 bits per heavy atom. The van der Waals surface area contributed by atoms with Gasteiger partial charge in [-0.25, -0.2) is 0 Å². The average Bonchev–Trinajstić information content (AvgIpc) is 3.94. The summed E-state index contributed by atoms with van der Waals surface area (Å²) in [6.07, 6.45) is 6.84. The van der Waals surface area contributed by atoms with E-state index in [4.69, 9.17) is 9.15 Å². The van der Waals surface area contributed by atoms with Gasteiger partial charge in [0.2, 0.25) is 0 Å². The molecule has 0 fully saturated rings. The highest BCUT2D eigenvalue weighted by atomic mass is 32.1. The third-order valence-corrected chi connectivity index (χ3v) is 12.8. The van der Waals surface area contributed by atoms with E-state index in [1.807, 2.05) is 17.4 Å². The van der Waals surface area contributed by atoms with Crippen molar-refractivity contribution in [3.63, 3.8) is 0 Å². The maximum atomic E-state index is 6.42. The second-order valence-electron chi connectivity index (χ2n) is 14.8. The molecule has 0 spiro atoms. The lowest BCUT2D eigenvalue weighted by Crippen LogP contribution is -2.17. The number of furan rings is 1. The maximum absolute atomic E-state index is 6.42. The van der Waals surface area contributed by atoms with Crippen molar-refractivity contribution in [2.24, 2.45) is 0 Å². The van der Waals surface area contributed by atoms with E-state index in [0.717, 1.165) is 55.9 Å². The fraction of sp³-hybridized carbons (Fsp3) is 0.0385. The first-order valence-electron chi connectivity index (χ1n) is 19.1. The van der Waals surface area contributed by atoms with E-state index in [1.54, 1.807) is 0 Å². The molecule has 8 aromatic carbocycles. The lowest BCUT2D eigenvalue weighted by Gasteiger charge is -2.28. The molecule has 2 aliphatic rings. The molecule has 2 unspecified atom stereocenters.